The molecular weight excluding hydrogens is 256 g/mol. The van der Waals surface area contributed by atoms with Crippen LogP contribution in [0.25, 0.3) is 0 Å². The fourth-order valence-corrected chi connectivity index (χ4v) is 2.68. The predicted molar refractivity (Wildman–Crippen MR) is 84.0 cm³/mol. The highest BCUT2D eigenvalue weighted by Gasteiger charge is 2.20. The monoisotopic (exact) mass is 280 g/mol. The fraction of sp³-hybridized carbons (Fsp3) is 0.625. The normalized spacial score (nSPS) is 15.6. The Morgan fingerprint density at radius 3 is 2.68 bits per heavy atom. The van der Waals surface area contributed by atoms with E-state index in [9.17, 15) is 0 Å². The molecule has 1 fully saturated rings. The van der Waals surface area contributed by atoms with Crippen molar-refractivity contribution in [2.75, 3.05) is 18.5 Å². The van der Waals surface area contributed by atoms with E-state index >= 15 is 0 Å². The number of anilines is 1. The highest BCUT2D eigenvalue weighted by molar-refractivity contribution is 6.30. The molecule has 1 aliphatic carbocycles. The van der Waals surface area contributed by atoms with Gasteiger partial charge in [-0.25, -0.2) is 0 Å². The van der Waals surface area contributed by atoms with Gasteiger partial charge in [0.25, 0.3) is 0 Å². The molecule has 0 atom stereocenters. The molecular formula is C16H25ClN2. The molecule has 1 saturated carbocycles. The standard InChI is InChI=1S/C16H25ClN2/c1-12(2)18-10-14-7-8-15(17)9-16(14)19(3)11-13-5-4-6-13/h7-9,12-13,18H,4-6,10-11H2,1-3H3. The minimum Gasteiger partial charge on any atom is -0.374 e. The minimum atomic E-state index is 0.500. The van der Waals surface area contributed by atoms with Crippen LogP contribution >= 0.6 is 11.6 Å². The van der Waals surface area contributed by atoms with Gasteiger partial charge >= 0.3 is 0 Å². The quantitative estimate of drug-likeness (QED) is 0.845. The molecule has 0 amide bonds. The Hall–Kier alpha value is -0.730. The van der Waals surface area contributed by atoms with E-state index in [4.69, 9.17) is 11.6 Å². The van der Waals surface area contributed by atoms with Crippen LogP contribution in [0.15, 0.2) is 18.2 Å². The van der Waals surface area contributed by atoms with Crippen LogP contribution in [0.1, 0.15) is 38.7 Å². The van der Waals surface area contributed by atoms with Crippen molar-refractivity contribution in [1.29, 1.82) is 0 Å². The topological polar surface area (TPSA) is 15.3 Å². The van der Waals surface area contributed by atoms with Crippen LogP contribution in [0.4, 0.5) is 5.69 Å². The van der Waals surface area contributed by atoms with Crippen molar-refractivity contribution < 1.29 is 0 Å². The lowest BCUT2D eigenvalue weighted by atomic mass is 9.85. The molecule has 0 aromatic heterocycles. The first-order chi connectivity index (χ1) is 9.06. The van der Waals surface area contributed by atoms with Crippen LogP contribution in [-0.2, 0) is 6.54 Å². The van der Waals surface area contributed by atoms with Gasteiger partial charge in [-0.2, -0.15) is 0 Å². The average Bonchev–Trinajstić information content (AvgIpc) is 2.31. The zero-order valence-corrected chi connectivity index (χ0v) is 13.0. The van der Waals surface area contributed by atoms with Gasteiger partial charge in [0.15, 0.2) is 0 Å². The summed E-state index contributed by atoms with van der Waals surface area (Å²) >= 11 is 6.16. The average molecular weight is 281 g/mol. The first kappa shape index (κ1) is 14.7. The molecule has 0 spiro atoms. The van der Waals surface area contributed by atoms with Gasteiger partial charge in [-0.05, 0) is 36.5 Å². The summed E-state index contributed by atoms with van der Waals surface area (Å²) in [7, 11) is 2.18. The predicted octanol–water partition coefficient (Wildman–Crippen LogP) is 4.07. The van der Waals surface area contributed by atoms with Crippen molar-refractivity contribution in [3.05, 3.63) is 28.8 Å². The van der Waals surface area contributed by atoms with E-state index in [1.807, 2.05) is 6.07 Å². The lowest BCUT2D eigenvalue weighted by molar-refractivity contribution is 0.321. The Bertz CT molecular complexity index is 413. The zero-order valence-electron chi connectivity index (χ0n) is 12.2. The molecule has 0 aliphatic heterocycles. The molecule has 19 heavy (non-hydrogen) atoms. The molecule has 0 heterocycles. The summed E-state index contributed by atoms with van der Waals surface area (Å²) in [6.07, 6.45) is 4.16. The molecule has 1 aliphatic rings. The Balaban J connectivity index is 2.08. The molecule has 0 saturated heterocycles. The van der Waals surface area contributed by atoms with Gasteiger partial charge in [0.2, 0.25) is 0 Å². The molecule has 1 N–H and O–H groups in total. The van der Waals surface area contributed by atoms with Crippen molar-refractivity contribution in [1.82, 2.24) is 5.32 Å². The molecule has 3 heteroatoms. The van der Waals surface area contributed by atoms with Gasteiger partial charge in [-0.15, -0.1) is 0 Å². The third-order valence-corrected chi connectivity index (χ3v) is 4.15. The van der Waals surface area contributed by atoms with E-state index in [1.165, 1.54) is 30.5 Å². The SMILES string of the molecule is CC(C)NCc1ccc(Cl)cc1N(C)CC1CCC1. The first-order valence-electron chi connectivity index (χ1n) is 7.29. The number of nitrogens with one attached hydrogen (secondary N) is 1. The number of hydrogen-bond donors (Lipinski definition) is 1. The molecule has 0 radical (unpaired) electrons. The number of nitrogens with zero attached hydrogens (tertiary/aromatic N) is 1. The third kappa shape index (κ3) is 4.12. The van der Waals surface area contributed by atoms with Gasteiger partial charge in [0.1, 0.15) is 0 Å². The largest absolute Gasteiger partial charge is 0.374 e. The Labute approximate surface area is 122 Å². The van der Waals surface area contributed by atoms with E-state index in [0.717, 1.165) is 24.0 Å². The minimum absolute atomic E-state index is 0.500. The summed E-state index contributed by atoms with van der Waals surface area (Å²) in [5, 5.41) is 4.31. The van der Waals surface area contributed by atoms with Crippen LogP contribution in [0, 0.1) is 5.92 Å². The fourth-order valence-electron chi connectivity index (χ4n) is 2.52. The second-order valence-electron chi connectivity index (χ2n) is 5.99. The van der Waals surface area contributed by atoms with Crippen molar-refractivity contribution in [3.63, 3.8) is 0 Å². The van der Waals surface area contributed by atoms with Crippen LogP contribution in [0.5, 0.6) is 0 Å². The van der Waals surface area contributed by atoms with E-state index in [1.54, 1.807) is 0 Å². The molecule has 1 aromatic rings. The second kappa shape index (κ2) is 6.62. The lowest BCUT2D eigenvalue weighted by Crippen LogP contribution is -2.31. The third-order valence-electron chi connectivity index (χ3n) is 3.92. The maximum atomic E-state index is 6.16. The van der Waals surface area contributed by atoms with Crippen LogP contribution < -0.4 is 10.2 Å². The van der Waals surface area contributed by atoms with Crippen molar-refractivity contribution in [2.45, 2.75) is 45.7 Å². The summed E-state index contributed by atoms with van der Waals surface area (Å²) in [4.78, 5) is 2.37. The van der Waals surface area contributed by atoms with Crippen molar-refractivity contribution in [2.24, 2.45) is 5.92 Å². The summed E-state index contributed by atoms with van der Waals surface area (Å²) in [5.41, 5.74) is 2.60. The van der Waals surface area contributed by atoms with Gasteiger partial charge in [-0.1, -0.05) is 37.9 Å². The molecule has 106 valence electrons. The van der Waals surface area contributed by atoms with Gasteiger partial charge < -0.3 is 10.2 Å². The van der Waals surface area contributed by atoms with E-state index in [2.05, 4.69) is 43.2 Å². The highest BCUT2D eigenvalue weighted by Crippen LogP contribution is 2.30. The van der Waals surface area contributed by atoms with E-state index in [-0.39, 0.29) is 0 Å². The number of rotatable bonds is 6. The second-order valence-corrected chi connectivity index (χ2v) is 6.42. The van der Waals surface area contributed by atoms with Gasteiger partial charge in [0.05, 0.1) is 0 Å². The molecule has 0 bridgehead atoms. The van der Waals surface area contributed by atoms with Crippen molar-refractivity contribution >= 4 is 17.3 Å². The van der Waals surface area contributed by atoms with Crippen LogP contribution in [0.2, 0.25) is 5.02 Å². The van der Waals surface area contributed by atoms with Crippen LogP contribution in [-0.4, -0.2) is 19.6 Å². The zero-order chi connectivity index (χ0) is 13.8. The first-order valence-corrected chi connectivity index (χ1v) is 7.67. The molecule has 2 rings (SSSR count). The highest BCUT2D eigenvalue weighted by atomic mass is 35.5. The Kier molecular flexibility index (Phi) is 5.12. The van der Waals surface area contributed by atoms with Gasteiger partial charge in [0, 0.05) is 36.9 Å². The Morgan fingerprint density at radius 2 is 2.11 bits per heavy atom. The summed E-state index contributed by atoms with van der Waals surface area (Å²) < 4.78 is 0. The number of hydrogen-bond acceptors (Lipinski definition) is 2. The van der Waals surface area contributed by atoms with Crippen molar-refractivity contribution in [3.8, 4) is 0 Å². The number of halogens is 1. The van der Waals surface area contributed by atoms with Gasteiger partial charge in [-0.3, -0.25) is 0 Å². The summed E-state index contributed by atoms with van der Waals surface area (Å²) in [5.74, 6) is 0.870. The smallest absolute Gasteiger partial charge is 0.0426 e. The lowest BCUT2D eigenvalue weighted by Gasteiger charge is -2.32. The maximum absolute atomic E-state index is 6.16. The molecule has 2 nitrogen and oxygen atoms in total. The molecule has 0 unspecified atom stereocenters. The summed E-state index contributed by atoms with van der Waals surface area (Å²) in [6.45, 7) is 6.40. The van der Waals surface area contributed by atoms with Crippen LogP contribution in [0.3, 0.4) is 0 Å². The Morgan fingerprint density at radius 1 is 1.37 bits per heavy atom. The summed E-state index contributed by atoms with van der Waals surface area (Å²) in [6, 6.07) is 6.72. The maximum Gasteiger partial charge on any atom is 0.0426 e. The molecule has 1 aromatic carbocycles. The van der Waals surface area contributed by atoms with E-state index < -0.39 is 0 Å². The number of benzene rings is 1. The van der Waals surface area contributed by atoms with E-state index in [0.29, 0.717) is 6.04 Å².